The summed E-state index contributed by atoms with van der Waals surface area (Å²) in [7, 11) is 1.52. The summed E-state index contributed by atoms with van der Waals surface area (Å²) >= 11 is 2.19. The zero-order chi connectivity index (χ0) is 37.7. The Labute approximate surface area is 314 Å². The van der Waals surface area contributed by atoms with Crippen LogP contribution in [0.15, 0.2) is 120 Å². The van der Waals surface area contributed by atoms with E-state index in [1.165, 1.54) is 24.9 Å². The lowest BCUT2D eigenvalue weighted by Gasteiger charge is -2.13. The molecule has 0 aliphatic carbocycles. The molecule has 0 atom stereocenters. The van der Waals surface area contributed by atoms with Gasteiger partial charge in [-0.15, -0.1) is 23.1 Å². The molecule has 0 bridgehead atoms. The summed E-state index contributed by atoms with van der Waals surface area (Å²) in [5.41, 5.74) is 2.47. The van der Waals surface area contributed by atoms with Crippen LogP contribution in [0.2, 0.25) is 0 Å². The van der Waals surface area contributed by atoms with Gasteiger partial charge in [-0.05, 0) is 74.0 Å². The molecule has 0 aliphatic rings. The van der Waals surface area contributed by atoms with Gasteiger partial charge in [0, 0.05) is 27.4 Å². The van der Waals surface area contributed by atoms with Gasteiger partial charge >= 0.3 is 5.97 Å². The normalized spacial score (nSPS) is 10.9. The third-order valence-corrected chi connectivity index (χ3v) is 9.75. The van der Waals surface area contributed by atoms with Crippen LogP contribution >= 0.6 is 23.1 Å². The zero-order valence-corrected chi connectivity index (χ0v) is 30.7. The molecule has 4 N–H and O–H groups in total. The van der Waals surface area contributed by atoms with E-state index in [0.29, 0.717) is 38.7 Å². The minimum absolute atomic E-state index is 0.0127. The minimum atomic E-state index is -0.648. The molecule has 0 saturated heterocycles. The highest BCUT2D eigenvalue weighted by molar-refractivity contribution is 8.00. The molecule has 5 aromatic rings. The molecule has 4 aromatic carbocycles. The number of anilines is 3. The number of benzene rings is 4. The monoisotopic (exact) mass is 748 g/mol. The molecule has 0 radical (unpaired) electrons. The van der Waals surface area contributed by atoms with Crippen LogP contribution in [-0.4, -0.2) is 49.1 Å². The SMILES string of the molecule is CCOC(=O)c1c(NC(=O)CSc2cccc(NC(=O)/C(=C\c3ccccc3OC)NC(=O)c3ccccc3)c2)sc(C(=O)Nc2ccccc2)c1C. The van der Waals surface area contributed by atoms with Crippen LogP contribution in [0.25, 0.3) is 6.08 Å². The number of methoxy groups -OCH3 is 1. The quantitative estimate of drug-likeness (QED) is 0.0514. The fourth-order valence-corrected chi connectivity index (χ4v) is 6.90. The van der Waals surface area contributed by atoms with Gasteiger partial charge in [-0.1, -0.05) is 60.7 Å². The van der Waals surface area contributed by atoms with Gasteiger partial charge in [-0.3, -0.25) is 19.2 Å². The number of carbonyl (C=O) groups excluding carboxylic acids is 5. The number of amides is 4. The first kappa shape index (κ1) is 38.1. The highest BCUT2D eigenvalue weighted by Gasteiger charge is 2.27. The number of carbonyl (C=O) groups is 5. The van der Waals surface area contributed by atoms with Gasteiger partial charge in [0.05, 0.1) is 29.9 Å². The van der Waals surface area contributed by atoms with Gasteiger partial charge < -0.3 is 30.7 Å². The van der Waals surface area contributed by atoms with E-state index in [1.807, 2.05) is 6.07 Å². The molecule has 1 heterocycles. The second-order valence-corrected chi connectivity index (χ2v) is 13.3. The van der Waals surface area contributed by atoms with Crippen molar-refractivity contribution in [2.75, 3.05) is 35.4 Å². The van der Waals surface area contributed by atoms with E-state index >= 15 is 0 Å². The number of nitrogens with one attached hydrogen (secondary N) is 4. The fourth-order valence-electron chi connectivity index (χ4n) is 5.03. The number of para-hydroxylation sites is 2. The average molecular weight is 749 g/mol. The molecule has 4 amide bonds. The van der Waals surface area contributed by atoms with Crippen molar-refractivity contribution >= 4 is 75.1 Å². The molecule has 1 aromatic heterocycles. The molecular formula is C40H36N4O7S2. The Morgan fingerprint density at radius 3 is 2.17 bits per heavy atom. The Bertz CT molecular complexity index is 2150. The fraction of sp³-hybridized carbons (Fsp3) is 0.125. The second-order valence-electron chi connectivity index (χ2n) is 11.2. The second kappa shape index (κ2) is 18.4. The van der Waals surface area contributed by atoms with Gasteiger partial charge in [0.2, 0.25) is 5.91 Å². The number of ether oxygens (including phenoxy) is 2. The largest absolute Gasteiger partial charge is 0.496 e. The Balaban J connectivity index is 1.29. The van der Waals surface area contributed by atoms with Crippen molar-refractivity contribution in [2.45, 2.75) is 18.7 Å². The molecule has 0 aliphatic heterocycles. The van der Waals surface area contributed by atoms with E-state index in [2.05, 4.69) is 21.3 Å². The summed E-state index contributed by atoms with van der Waals surface area (Å²) in [6.07, 6.45) is 1.53. The lowest BCUT2D eigenvalue weighted by Crippen LogP contribution is -2.30. The smallest absolute Gasteiger partial charge is 0.341 e. The summed E-state index contributed by atoms with van der Waals surface area (Å²) in [5.74, 6) is -2.06. The van der Waals surface area contributed by atoms with Crippen LogP contribution in [0.1, 0.15) is 48.4 Å². The highest BCUT2D eigenvalue weighted by atomic mass is 32.2. The molecule has 0 spiro atoms. The molecule has 270 valence electrons. The summed E-state index contributed by atoms with van der Waals surface area (Å²) in [6.45, 7) is 3.43. The molecule has 11 nitrogen and oxygen atoms in total. The third kappa shape index (κ3) is 10.2. The first-order valence-corrected chi connectivity index (χ1v) is 18.2. The molecule has 5 rings (SSSR count). The molecule has 53 heavy (non-hydrogen) atoms. The van der Waals surface area contributed by atoms with E-state index in [1.54, 1.807) is 117 Å². The van der Waals surface area contributed by atoms with Crippen LogP contribution in [0, 0.1) is 6.92 Å². The van der Waals surface area contributed by atoms with Crippen LogP contribution in [0.3, 0.4) is 0 Å². The Morgan fingerprint density at radius 2 is 1.45 bits per heavy atom. The zero-order valence-electron chi connectivity index (χ0n) is 29.1. The summed E-state index contributed by atoms with van der Waals surface area (Å²) in [5, 5.41) is 11.3. The maximum Gasteiger partial charge on any atom is 0.341 e. The van der Waals surface area contributed by atoms with Crippen LogP contribution in [-0.2, 0) is 14.3 Å². The predicted molar refractivity (Wildman–Crippen MR) is 209 cm³/mol. The van der Waals surface area contributed by atoms with E-state index < -0.39 is 29.6 Å². The van der Waals surface area contributed by atoms with Crippen molar-refractivity contribution < 1.29 is 33.4 Å². The topological polar surface area (TPSA) is 152 Å². The van der Waals surface area contributed by atoms with Crippen molar-refractivity contribution in [1.29, 1.82) is 0 Å². The van der Waals surface area contributed by atoms with E-state index in [-0.39, 0.29) is 33.5 Å². The van der Waals surface area contributed by atoms with Gasteiger partial charge in [-0.2, -0.15) is 0 Å². The van der Waals surface area contributed by atoms with Crippen molar-refractivity contribution in [3.63, 3.8) is 0 Å². The number of thiophene rings is 1. The summed E-state index contributed by atoms with van der Waals surface area (Å²) < 4.78 is 10.7. The van der Waals surface area contributed by atoms with Crippen molar-refractivity contribution in [1.82, 2.24) is 5.32 Å². The van der Waals surface area contributed by atoms with E-state index in [0.717, 1.165) is 11.3 Å². The first-order valence-electron chi connectivity index (χ1n) is 16.4. The molecule has 0 saturated carbocycles. The lowest BCUT2D eigenvalue weighted by molar-refractivity contribution is -0.114. The Kier molecular flexibility index (Phi) is 13.2. The molecule has 0 unspecified atom stereocenters. The standard InChI is InChI=1S/C40H36N4O7S2/c1-4-51-40(49)34-25(2)35(38(48)41-28-17-9-6-10-18-28)53-39(34)44-33(45)24-52-30-20-13-19-29(23-30)42-37(47)31(22-27-16-11-12-21-32(27)50-3)43-36(46)26-14-7-5-8-15-26/h5-23H,4,24H2,1-3H3,(H,41,48)(H,42,47)(H,43,46)(H,44,45)/b31-22+. The van der Waals surface area contributed by atoms with E-state index in [4.69, 9.17) is 9.47 Å². The average Bonchev–Trinajstić information content (AvgIpc) is 3.49. The first-order chi connectivity index (χ1) is 25.7. The van der Waals surface area contributed by atoms with Crippen molar-refractivity contribution in [3.8, 4) is 5.75 Å². The van der Waals surface area contributed by atoms with Crippen molar-refractivity contribution in [3.05, 3.63) is 142 Å². The molecular weight excluding hydrogens is 713 g/mol. The Hall–Kier alpha value is -6.18. The lowest BCUT2D eigenvalue weighted by atomic mass is 10.1. The molecule has 0 fully saturated rings. The van der Waals surface area contributed by atoms with Gasteiger partial charge in [0.1, 0.15) is 16.4 Å². The highest BCUT2D eigenvalue weighted by Crippen LogP contribution is 2.35. The Morgan fingerprint density at radius 1 is 0.774 bits per heavy atom. The minimum Gasteiger partial charge on any atom is -0.496 e. The molecule has 13 heteroatoms. The maximum atomic E-state index is 13.6. The van der Waals surface area contributed by atoms with Crippen LogP contribution in [0.5, 0.6) is 5.75 Å². The van der Waals surface area contributed by atoms with E-state index in [9.17, 15) is 24.0 Å². The van der Waals surface area contributed by atoms with Gasteiger partial charge in [0.15, 0.2) is 0 Å². The number of hydrogen-bond acceptors (Lipinski definition) is 9. The summed E-state index contributed by atoms with van der Waals surface area (Å²) in [4.78, 5) is 66.8. The van der Waals surface area contributed by atoms with Gasteiger partial charge in [-0.25, -0.2) is 4.79 Å². The van der Waals surface area contributed by atoms with Gasteiger partial charge in [0.25, 0.3) is 17.7 Å². The number of rotatable bonds is 14. The number of hydrogen-bond donors (Lipinski definition) is 4. The predicted octanol–water partition coefficient (Wildman–Crippen LogP) is 7.63. The van der Waals surface area contributed by atoms with Crippen LogP contribution in [0.4, 0.5) is 16.4 Å². The third-order valence-electron chi connectivity index (χ3n) is 7.55. The van der Waals surface area contributed by atoms with Crippen LogP contribution < -0.4 is 26.0 Å². The van der Waals surface area contributed by atoms with Crippen molar-refractivity contribution in [2.24, 2.45) is 0 Å². The maximum absolute atomic E-state index is 13.6. The summed E-state index contributed by atoms with van der Waals surface area (Å²) in [6, 6.07) is 31.4. The number of esters is 1. The number of thioether (sulfide) groups is 1.